The molecule has 0 atom stereocenters. The van der Waals surface area contributed by atoms with Gasteiger partial charge >= 0.3 is 0 Å². The summed E-state index contributed by atoms with van der Waals surface area (Å²) < 4.78 is 0. The van der Waals surface area contributed by atoms with Gasteiger partial charge in [-0.3, -0.25) is 0 Å². The van der Waals surface area contributed by atoms with Crippen molar-refractivity contribution < 1.29 is 0 Å². The molecule has 2 aromatic heterocycles. The van der Waals surface area contributed by atoms with Crippen molar-refractivity contribution in [2.24, 2.45) is 0 Å². The van der Waals surface area contributed by atoms with Crippen molar-refractivity contribution >= 4 is 22.7 Å². The summed E-state index contributed by atoms with van der Waals surface area (Å²) in [5, 5.41) is 6.46. The molecular weight excluding hydrogens is 172 g/mol. The first-order valence-corrected chi connectivity index (χ1v) is 5.31. The normalized spacial score (nSPS) is 10.2. The Hall–Kier alpha value is -0.600. The zero-order chi connectivity index (χ0) is 7.52. The molecule has 0 bridgehead atoms. The Morgan fingerprint density at radius 2 is 2.18 bits per heavy atom. The van der Waals surface area contributed by atoms with E-state index in [9.17, 15) is 0 Å². The second-order valence-corrected chi connectivity index (χ2v) is 4.20. The van der Waals surface area contributed by atoms with E-state index in [1.54, 1.807) is 11.3 Å². The van der Waals surface area contributed by atoms with Gasteiger partial charge in [-0.05, 0) is 33.8 Å². The molecule has 0 N–H and O–H groups in total. The van der Waals surface area contributed by atoms with Crippen molar-refractivity contribution in [2.75, 3.05) is 0 Å². The highest BCUT2D eigenvalue weighted by Gasteiger charge is 1.95. The third kappa shape index (κ3) is 1.70. The summed E-state index contributed by atoms with van der Waals surface area (Å²) in [6, 6.07) is 6.47. The molecule has 56 valence electrons. The van der Waals surface area contributed by atoms with E-state index >= 15 is 0 Å². The van der Waals surface area contributed by atoms with Crippen molar-refractivity contribution in [1.82, 2.24) is 0 Å². The molecule has 2 heterocycles. The molecule has 0 amide bonds. The van der Waals surface area contributed by atoms with Crippen LogP contribution in [0.3, 0.4) is 0 Å². The molecule has 2 heteroatoms. The summed E-state index contributed by atoms with van der Waals surface area (Å²) in [7, 11) is 0. The van der Waals surface area contributed by atoms with Crippen molar-refractivity contribution in [1.29, 1.82) is 0 Å². The van der Waals surface area contributed by atoms with E-state index in [1.165, 1.54) is 10.4 Å². The molecule has 0 unspecified atom stereocenters. The predicted molar refractivity (Wildman–Crippen MR) is 51.4 cm³/mol. The summed E-state index contributed by atoms with van der Waals surface area (Å²) >= 11 is 3.59. The quantitative estimate of drug-likeness (QED) is 0.664. The molecule has 2 aromatic rings. The zero-order valence-electron chi connectivity index (χ0n) is 5.99. The van der Waals surface area contributed by atoms with E-state index in [-0.39, 0.29) is 0 Å². The molecule has 0 radical (unpaired) electrons. The van der Waals surface area contributed by atoms with Crippen LogP contribution >= 0.6 is 22.7 Å². The molecule has 0 nitrogen and oxygen atoms in total. The SMILES string of the molecule is c1csc(Cc2ccsc2)c1. The average Bonchev–Trinajstić information content (AvgIpc) is 2.60. The fraction of sp³-hybridized carbons (Fsp3) is 0.111. The smallest absolute Gasteiger partial charge is 0.00893 e. The van der Waals surface area contributed by atoms with Crippen molar-refractivity contribution in [2.45, 2.75) is 6.42 Å². The van der Waals surface area contributed by atoms with Crippen LogP contribution in [0.15, 0.2) is 34.3 Å². The summed E-state index contributed by atoms with van der Waals surface area (Å²) in [6.07, 6.45) is 1.10. The molecule has 0 saturated heterocycles. The van der Waals surface area contributed by atoms with Gasteiger partial charge in [-0.15, -0.1) is 11.3 Å². The first-order valence-electron chi connectivity index (χ1n) is 3.48. The van der Waals surface area contributed by atoms with Gasteiger partial charge in [0.2, 0.25) is 0 Å². The molecule has 0 aliphatic carbocycles. The van der Waals surface area contributed by atoms with Gasteiger partial charge in [-0.2, -0.15) is 11.3 Å². The molecular formula is C9H8S2. The van der Waals surface area contributed by atoms with Crippen LogP contribution in [0.25, 0.3) is 0 Å². The van der Waals surface area contributed by atoms with Crippen LogP contribution in [0.4, 0.5) is 0 Å². The standard InChI is InChI=1S/C9H8S2/c1-2-9(11-4-1)6-8-3-5-10-7-8/h1-5,7H,6H2. The zero-order valence-corrected chi connectivity index (χ0v) is 7.62. The van der Waals surface area contributed by atoms with Gasteiger partial charge in [0, 0.05) is 11.3 Å². The van der Waals surface area contributed by atoms with Crippen LogP contribution in [-0.2, 0) is 6.42 Å². The van der Waals surface area contributed by atoms with Crippen LogP contribution in [0.5, 0.6) is 0 Å². The maximum absolute atomic E-state index is 2.21. The van der Waals surface area contributed by atoms with Crippen molar-refractivity contribution in [3.63, 3.8) is 0 Å². The number of rotatable bonds is 2. The summed E-state index contributed by atoms with van der Waals surface area (Å²) in [6.45, 7) is 0. The third-order valence-electron chi connectivity index (χ3n) is 1.54. The molecule has 0 aliphatic rings. The van der Waals surface area contributed by atoms with Crippen LogP contribution in [0.1, 0.15) is 10.4 Å². The first-order chi connectivity index (χ1) is 5.45. The monoisotopic (exact) mass is 180 g/mol. The lowest BCUT2D eigenvalue weighted by molar-refractivity contribution is 1.27. The second kappa shape index (κ2) is 3.20. The summed E-state index contributed by atoms with van der Waals surface area (Å²) in [5.74, 6) is 0. The van der Waals surface area contributed by atoms with Gasteiger partial charge in [-0.25, -0.2) is 0 Å². The second-order valence-electron chi connectivity index (χ2n) is 2.39. The minimum atomic E-state index is 1.10. The van der Waals surface area contributed by atoms with E-state index in [2.05, 4.69) is 34.3 Å². The minimum Gasteiger partial charge on any atom is -0.152 e. The number of thiophene rings is 2. The molecule has 0 saturated carbocycles. The van der Waals surface area contributed by atoms with Crippen LogP contribution in [0, 0.1) is 0 Å². The maximum Gasteiger partial charge on any atom is 0.00893 e. The van der Waals surface area contributed by atoms with Gasteiger partial charge in [0.05, 0.1) is 0 Å². The van der Waals surface area contributed by atoms with E-state index in [4.69, 9.17) is 0 Å². The Balaban J connectivity index is 2.14. The maximum atomic E-state index is 2.21. The van der Waals surface area contributed by atoms with Crippen LogP contribution in [-0.4, -0.2) is 0 Å². The Labute approximate surface area is 74.1 Å². The highest BCUT2D eigenvalue weighted by molar-refractivity contribution is 7.10. The van der Waals surface area contributed by atoms with Crippen LogP contribution in [0.2, 0.25) is 0 Å². The third-order valence-corrected chi connectivity index (χ3v) is 3.15. The number of hydrogen-bond acceptors (Lipinski definition) is 2. The van der Waals surface area contributed by atoms with E-state index in [0.717, 1.165) is 6.42 Å². The average molecular weight is 180 g/mol. The lowest BCUT2D eigenvalue weighted by Gasteiger charge is -1.90. The highest BCUT2D eigenvalue weighted by atomic mass is 32.1. The Morgan fingerprint density at radius 1 is 1.18 bits per heavy atom. The van der Waals surface area contributed by atoms with Gasteiger partial charge in [0.15, 0.2) is 0 Å². The molecule has 2 rings (SSSR count). The minimum absolute atomic E-state index is 1.10. The van der Waals surface area contributed by atoms with Gasteiger partial charge in [-0.1, -0.05) is 6.07 Å². The Bertz CT molecular complexity index is 260. The summed E-state index contributed by atoms with van der Waals surface area (Å²) in [4.78, 5) is 1.45. The summed E-state index contributed by atoms with van der Waals surface area (Å²) in [5.41, 5.74) is 1.43. The lowest BCUT2D eigenvalue weighted by atomic mass is 10.2. The molecule has 0 aliphatic heterocycles. The molecule has 0 aromatic carbocycles. The van der Waals surface area contributed by atoms with Crippen molar-refractivity contribution in [3.05, 3.63) is 44.8 Å². The van der Waals surface area contributed by atoms with E-state index in [0.29, 0.717) is 0 Å². The van der Waals surface area contributed by atoms with Gasteiger partial charge in [0.1, 0.15) is 0 Å². The molecule has 0 spiro atoms. The van der Waals surface area contributed by atoms with Gasteiger partial charge in [0.25, 0.3) is 0 Å². The largest absolute Gasteiger partial charge is 0.152 e. The topological polar surface area (TPSA) is 0 Å². The number of hydrogen-bond donors (Lipinski definition) is 0. The first kappa shape index (κ1) is 7.07. The molecule has 0 fully saturated rings. The lowest BCUT2D eigenvalue weighted by Crippen LogP contribution is -1.77. The van der Waals surface area contributed by atoms with E-state index in [1.807, 2.05) is 11.3 Å². The predicted octanol–water partition coefficient (Wildman–Crippen LogP) is 3.40. The fourth-order valence-corrected chi connectivity index (χ4v) is 2.42. The molecule has 11 heavy (non-hydrogen) atoms. The van der Waals surface area contributed by atoms with Crippen molar-refractivity contribution in [3.8, 4) is 0 Å². The fourth-order valence-electron chi connectivity index (χ4n) is 1.01. The Morgan fingerprint density at radius 3 is 2.82 bits per heavy atom. The highest BCUT2D eigenvalue weighted by Crippen LogP contribution is 2.16. The Kier molecular flexibility index (Phi) is 2.06. The van der Waals surface area contributed by atoms with Crippen LogP contribution < -0.4 is 0 Å². The van der Waals surface area contributed by atoms with E-state index < -0.39 is 0 Å². The van der Waals surface area contributed by atoms with Gasteiger partial charge < -0.3 is 0 Å².